The van der Waals surface area contributed by atoms with Gasteiger partial charge in [-0.2, -0.15) is 0 Å². The number of nitrogens with one attached hydrogen (secondary N) is 1. The van der Waals surface area contributed by atoms with Crippen molar-refractivity contribution in [3.05, 3.63) is 23.8 Å². The molecule has 1 aromatic rings. The van der Waals surface area contributed by atoms with Gasteiger partial charge in [-0.25, -0.2) is 0 Å². The van der Waals surface area contributed by atoms with Crippen LogP contribution in [0.3, 0.4) is 0 Å². The number of benzene rings is 1. The molecule has 0 saturated carbocycles. The zero-order chi connectivity index (χ0) is 12.0. The van der Waals surface area contributed by atoms with Crippen molar-refractivity contribution in [1.82, 2.24) is 5.32 Å². The highest BCUT2D eigenvalue weighted by Gasteiger charge is 2.06. The van der Waals surface area contributed by atoms with Crippen molar-refractivity contribution in [2.45, 2.75) is 39.3 Å². The zero-order valence-corrected chi connectivity index (χ0v) is 10.4. The second-order valence-corrected chi connectivity index (χ2v) is 3.97. The first kappa shape index (κ1) is 12.8. The maximum atomic E-state index is 5.77. The van der Waals surface area contributed by atoms with Crippen LogP contribution in [-0.2, 0) is 6.54 Å². The van der Waals surface area contributed by atoms with Gasteiger partial charge in [-0.05, 0) is 31.0 Å². The van der Waals surface area contributed by atoms with E-state index in [0.29, 0.717) is 6.04 Å². The molecule has 16 heavy (non-hydrogen) atoms. The Bertz CT molecular complexity index is 322. The summed E-state index contributed by atoms with van der Waals surface area (Å²) in [5.41, 5.74) is 7.67. The van der Waals surface area contributed by atoms with Gasteiger partial charge >= 0.3 is 0 Å². The summed E-state index contributed by atoms with van der Waals surface area (Å²) in [5.74, 6) is 0.896. The number of anilines is 1. The van der Waals surface area contributed by atoms with Crippen LogP contribution in [0.5, 0.6) is 5.75 Å². The average Bonchev–Trinajstić information content (AvgIpc) is 2.30. The molecule has 0 aliphatic heterocycles. The molecule has 90 valence electrons. The summed E-state index contributed by atoms with van der Waals surface area (Å²) in [6.07, 6.45) is 2.28. The minimum Gasteiger partial charge on any atom is -0.496 e. The van der Waals surface area contributed by atoms with E-state index in [1.165, 1.54) is 0 Å². The monoisotopic (exact) mass is 222 g/mol. The summed E-state index contributed by atoms with van der Waals surface area (Å²) in [4.78, 5) is 0. The lowest BCUT2D eigenvalue weighted by Gasteiger charge is -2.16. The van der Waals surface area contributed by atoms with E-state index in [1.54, 1.807) is 7.11 Å². The minimum atomic E-state index is 0.561. The third-order valence-electron chi connectivity index (χ3n) is 2.87. The Balaban J connectivity index is 2.68. The van der Waals surface area contributed by atoms with Gasteiger partial charge in [0.1, 0.15) is 5.75 Å². The summed E-state index contributed by atoms with van der Waals surface area (Å²) in [7, 11) is 1.69. The number of nitrogens with two attached hydrogens (primary N) is 1. The largest absolute Gasteiger partial charge is 0.496 e. The number of hydrogen-bond acceptors (Lipinski definition) is 3. The molecule has 0 aliphatic carbocycles. The number of ether oxygens (including phenoxy) is 1. The highest BCUT2D eigenvalue weighted by Crippen LogP contribution is 2.21. The molecular weight excluding hydrogens is 200 g/mol. The summed E-state index contributed by atoms with van der Waals surface area (Å²) in [5, 5.41) is 3.50. The van der Waals surface area contributed by atoms with Gasteiger partial charge in [0.15, 0.2) is 0 Å². The smallest absolute Gasteiger partial charge is 0.123 e. The molecule has 0 fully saturated rings. The standard InChI is InChI=1S/C13H22N2O/c1-4-12(5-2)15-9-10-8-11(14)6-7-13(10)16-3/h6-8,12,15H,4-5,9,14H2,1-3H3. The van der Waals surface area contributed by atoms with Gasteiger partial charge in [0.2, 0.25) is 0 Å². The molecule has 3 N–H and O–H groups in total. The molecular formula is C13H22N2O. The van der Waals surface area contributed by atoms with Crippen molar-refractivity contribution in [2.24, 2.45) is 0 Å². The van der Waals surface area contributed by atoms with Crippen LogP contribution in [-0.4, -0.2) is 13.2 Å². The SMILES string of the molecule is CCC(CC)NCc1cc(N)ccc1OC. The van der Waals surface area contributed by atoms with Crippen molar-refractivity contribution in [1.29, 1.82) is 0 Å². The number of hydrogen-bond donors (Lipinski definition) is 2. The van der Waals surface area contributed by atoms with Crippen LogP contribution in [0.15, 0.2) is 18.2 Å². The molecule has 0 bridgehead atoms. The summed E-state index contributed by atoms with van der Waals surface area (Å²) in [6.45, 7) is 5.19. The van der Waals surface area contributed by atoms with Crippen molar-refractivity contribution < 1.29 is 4.74 Å². The maximum Gasteiger partial charge on any atom is 0.123 e. The van der Waals surface area contributed by atoms with Crippen LogP contribution in [0.4, 0.5) is 5.69 Å². The lowest BCUT2D eigenvalue weighted by molar-refractivity contribution is 0.403. The Hall–Kier alpha value is -1.22. The Morgan fingerprint density at radius 1 is 1.31 bits per heavy atom. The molecule has 0 saturated heterocycles. The van der Waals surface area contributed by atoms with E-state index >= 15 is 0 Å². The van der Waals surface area contributed by atoms with Crippen LogP contribution in [0.1, 0.15) is 32.3 Å². The number of rotatable bonds is 6. The van der Waals surface area contributed by atoms with Crippen LogP contribution in [0, 0.1) is 0 Å². The maximum absolute atomic E-state index is 5.77. The fourth-order valence-corrected chi connectivity index (χ4v) is 1.77. The van der Waals surface area contributed by atoms with Crippen molar-refractivity contribution in [3.8, 4) is 5.75 Å². The minimum absolute atomic E-state index is 0.561. The van der Waals surface area contributed by atoms with Gasteiger partial charge < -0.3 is 15.8 Å². The van der Waals surface area contributed by atoms with E-state index in [-0.39, 0.29) is 0 Å². The molecule has 0 aromatic heterocycles. The van der Waals surface area contributed by atoms with E-state index in [4.69, 9.17) is 10.5 Å². The molecule has 0 atom stereocenters. The fraction of sp³-hybridized carbons (Fsp3) is 0.538. The fourth-order valence-electron chi connectivity index (χ4n) is 1.77. The molecule has 0 aliphatic rings. The predicted molar refractivity (Wildman–Crippen MR) is 68.6 cm³/mol. The lowest BCUT2D eigenvalue weighted by Crippen LogP contribution is -2.27. The molecule has 0 amide bonds. The molecule has 1 rings (SSSR count). The van der Waals surface area contributed by atoms with Crippen molar-refractivity contribution in [3.63, 3.8) is 0 Å². The molecule has 3 heteroatoms. The van der Waals surface area contributed by atoms with Gasteiger partial charge in [-0.3, -0.25) is 0 Å². The lowest BCUT2D eigenvalue weighted by atomic mass is 10.1. The van der Waals surface area contributed by atoms with Crippen LogP contribution < -0.4 is 15.8 Å². The first-order chi connectivity index (χ1) is 7.71. The molecule has 1 aromatic carbocycles. The average molecular weight is 222 g/mol. The first-order valence-electron chi connectivity index (χ1n) is 5.87. The van der Waals surface area contributed by atoms with Gasteiger partial charge in [-0.15, -0.1) is 0 Å². The predicted octanol–water partition coefficient (Wildman–Crippen LogP) is 2.56. The van der Waals surface area contributed by atoms with E-state index < -0.39 is 0 Å². The third kappa shape index (κ3) is 3.42. The molecule has 0 spiro atoms. The van der Waals surface area contributed by atoms with E-state index in [1.807, 2.05) is 18.2 Å². The van der Waals surface area contributed by atoms with Gasteiger partial charge in [0.25, 0.3) is 0 Å². The molecule has 3 nitrogen and oxygen atoms in total. The van der Waals surface area contributed by atoms with Gasteiger partial charge in [-0.1, -0.05) is 13.8 Å². The Kier molecular flexibility index (Phi) is 5.12. The number of nitrogen functional groups attached to an aromatic ring is 1. The summed E-state index contributed by atoms with van der Waals surface area (Å²) in [6, 6.07) is 6.30. The van der Waals surface area contributed by atoms with Crippen molar-refractivity contribution >= 4 is 5.69 Å². The van der Waals surface area contributed by atoms with Gasteiger partial charge in [0.05, 0.1) is 7.11 Å². The summed E-state index contributed by atoms with van der Waals surface area (Å²) >= 11 is 0. The van der Waals surface area contributed by atoms with Crippen LogP contribution in [0.25, 0.3) is 0 Å². The highest BCUT2D eigenvalue weighted by molar-refractivity contribution is 5.47. The zero-order valence-electron chi connectivity index (χ0n) is 10.4. The second kappa shape index (κ2) is 6.38. The van der Waals surface area contributed by atoms with Crippen molar-refractivity contribution in [2.75, 3.05) is 12.8 Å². The normalized spacial score (nSPS) is 10.8. The molecule has 0 unspecified atom stereocenters. The second-order valence-electron chi connectivity index (χ2n) is 3.97. The Labute approximate surface area is 98.0 Å². The van der Waals surface area contributed by atoms with Gasteiger partial charge in [0, 0.05) is 23.8 Å². The van der Waals surface area contributed by atoms with E-state index in [0.717, 1.165) is 36.4 Å². The van der Waals surface area contributed by atoms with E-state index in [2.05, 4.69) is 19.2 Å². The summed E-state index contributed by atoms with van der Waals surface area (Å²) < 4.78 is 5.30. The molecule has 0 radical (unpaired) electrons. The van der Waals surface area contributed by atoms with E-state index in [9.17, 15) is 0 Å². The number of methoxy groups -OCH3 is 1. The highest BCUT2D eigenvalue weighted by atomic mass is 16.5. The third-order valence-corrected chi connectivity index (χ3v) is 2.87. The first-order valence-corrected chi connectivity index (χ1v) is 5.87. The Morgan fingerprint density at radius 2 is 2.00 bits per heavy atom. The topological polar surface area (TPSA) is 47.3 Å². The molecule has 0 heterocycles. The van der Waals surface area contributed by atoms with Crippen LogP contribution in [0.2, 0.25) is 0 Å². The Morgan fingerprint density at radius 3 is 2.56 bits per heavy atom. The quantitative estimate of drug-likeness (QED) is 0.727. The van der Waals surface area contributed by atoms with Crippen LogP contribution >= 0.6 is 0 Å².